The second-order valence-electron chi connectivity index (χ2n) is 4.76. The molecule has 1 heterocycles. The number of halogens is 4. The molecule has 1 aliphatic heterocycles. The maximum Gasteiger partial charge on any atom is 0.244 e. The van der Waals surface area contributed by atoms with E-state index in [1.807, 2.05) is 0 Å². The van der Waals surface area contributed by atoms with Gasteiger partial charge >= 0.3 is 0 Å². The lowest BCUT2D eigenvalue weighted by Crippen LogP contribution is -2.75. The van der Waals surface area contributed by atoms with Crippen molar-refractivity contribution in [1.29, 1.82) is 0 Å². The van der Waals surface area contributed by atoms with E-state index in [0.717, 1.165) is 0 Å². The van der Waals surface area contributed by atoms with E-state index in [0.29, 0.717) is 6.04 Å². The van der Waals surface area contributed by atoms with Crippen LogP contribution in [0.3, 0.4) is 0 Å². The van der Waals surface area contributed by atoms with Gasteiger partial charge in [-0.3, -0.25) is 0 Å². The predicted molar refractivity (Wildman–Crippen MR) is 72.8 cm³/mol. The minimum Gasteiger partial charge on any atom is -0.391 e. The van der Waals surface area contributed by atoms with E-state index in [4.69, 9.17) is 49.8 Å². The van der Waals surface area contributed by atoms with Gasteiger partial charge in [-0.2, -0.15) is 0 Å². The van der Waals surface area contributed by atoms with Gasteiger partial charge in [-0.25, -0.2) is 0 Å². The van der Waals surface area contributed by atoms with Gasteiger partial charge in [0.05, 0.1) is 0 Å². The van der Waals surface area contributed by atoms with Crippen LogP contribution in [0.5, 0.6) is 0 Å². The molecule has 8 heteroatoms. The lowest BCUT2D eigenvalue weighted by atomic mass is 10.8. The SMILES string of the molecule is C[Si]1(C)OC(Cl)(Cl)C[Si](Cl)(Cl)[Si]1(C)C. The summed E-state index contributed by atoms with van der Waals surface area (Å²) in [5, 5.41) is 0. The summed E-state index contributed by atoms with van der Waals surface area (Å²) < 4.78 is 4.65. The zero-order chi connectivity index (χ0) is 11.4. The first-order chi connectivity index (χ1) is 5.91. The van der Waals surface area contributed by atoms with Gasteiger partial charge < -0.3 is 4.43 Å². The molecule has 14 heavy (non-hydrogen) atoms. The average Bonchev–Trinajstić information content (AvgIpc) is 1.77. The van der Waals surface area contributed by atoms with E-state index in [-0.39, 0.29) is 0 Å². The second kappa shape index (κ2) is 3.63. The highest BCUT2D eigenvalue weighted by Gasteiger charge is 2.66. The first-order valence-electron chi connectivity index (χ1n) is 4.37. The summed E-state index contributed by atoms with van der Waals surface area (Å²) in [4.78, 5) is 0. The van der Waals surface area contributed by atoms with Crippen molar-refractivity contribution in [3.05, 3.63) is 0 Å². The number of hydrogen-bond donors (Lipinski definition) is 0. The maximum atomic E-state index is 6.48. The van der Waals surface area contributed by atoms with Crippen LogP contribution in [0.15, 0.2) is 0 Å². The van der Waals surface area contributed by atoms with E-state index in [1.54, 1.807) is 0 Å². The van der Waals surface area contributed by atoms with Gasteiger partial charge in [0.2, 0.25) is 10.7 Å². The van der Waals surface area contributed by atoms with Crippen molar-refractivity contribution in [3.8, 4) is 0 Å². The van der Waals surface area contributed by atoms with Crippen molar-refractivity contribution in [3.63, 3.8) is 0 Å². The molecule has 0 radical (unpaired) electrons. The zero-order valence-electron chi connectivity index (χ0n) is 8.63. The minimum absolute atomic E-state index is 0.419. The normalized spacial score (nSPS) is 32.6. The fourth-order valence-electron chi connectivity index (χ4n) is 1.46. The Morgan fingerprint density at radius 3 is 1.86 bits per heavy atom. The van der Waals surface area contributed by atoms with Crippen molar-refractivity contribution >= 4 is 66.5 Å². The lowest BCUT2D eigenvalue weighted by Gasteiger charge is -2.52. The summed E-state index contributed by atoms with van der Waals surface area (Å²) >= 11 is 25.0. The van der Waals surface area contributed by atoms with Crippen LogP contribution in [0.2, 0.25) is 32.2 Å². The summed E-state index contributed by atoms with van der Waals surface area (Å²) in [6.45, 7) is 8.64. The molecule has 0 N–H and O–H groups in total. The molecule has 0 atom stereocenters. The van der Waals surface area contributed by atoms with E-state index in [1.165, 1.54) is 0 Å². The Bertz CT molecular complexity index is 231. The molecule has 1 rings (SSSR count). The van der Waals surface area contributed by atoms with Crippen LogP contribution < -0.4 is 0 Å². The van der Waals surface area contributed by atoms with Gasteiger partial charge in [0.1, 0.15) is 7.11 Å². The van der Waals surface area contributed by atoms with Gasteiger partial charge in [0, 0.05) is 6.04 Å². The van der Waals surface area contributed by atoms with E-state index < -0.39 is 25.7 Å². The number of hydrogen-bond acceptors (Lipinski definition) is 1. The molecule has 1 nitrogen and oxygen atoms in total. The molecular weight excluding hydrogens is 314 g/mol. The Labute approximate surface area is 107 Å². The third-order valence-corrected chi connectivity index (χ3v) is 47.8. The summed E-state index contributed by atoms with van der Waals surface area (Å²) in [7, 11) is -3.63. The standard InChI is InChI=1S/C6H14Cl4OSi3/c1-12(2)11-6(7,8)5-14(9,10)13(12,3)4/h5H2,1-4H3. The summed E-state index contributed by atoms with van der Waals surface area (Å²) in [5.41, 5.74) is 0. The highest BCUT2D eigenvalue weighted by atomic mass is 35.7. The number of alkyl halides is 2. The molecule has 0 bridgehead atoms. The first kappa shape index (κ1) is 13.8. The largest absolute Gasteiger partial charge is 0.391 e. The van der Waals surface area contributed by atoms with Gasteiger partial charge in [-0.05, 0) is 13.1 Å². The van der Waals surface area contributed by atoms with E-state index >= 15 is 0 Å². The molecule has 0 aromatic rings. The molecule has 84 valence electrons. The van der Waals surface area contributed by atoms with Crippen LogP contribution in [0.1, 0.15) is 0 Å². The minimum atomic E-state index is -2.33. The lowest BCUT2D eigenvalue weighted by molar-refractivity contribution is 0.257. The third-order valence-electron chi connectivity index (χ3n) is 3.25. The quantitative estimate of drug-likeness (QED) is 0.369. The Kier molecular flexibility index (Phi) is 3.59. The van der Waals surface area contributed by atoms with Crippen LogP contribution in [0, 0.1) is 0 Å². The van der Waals surface area contributed by atoms with Crippen LogP contribution in [0.4, 0.5) is 0 Å². The van der Waals surface area contributed by atoms with Crippen LogP contribution in [0.25, 0.3) is 0 Å². The Hall–Kier alpha value is 1.77. The molecule has 1 saturated heterocycles. The van der Waals surface area contributed by atoms with E-state index in [9.17, 15) is 0 Å². The highest BCUT2D eigenvalue weighted by Crippen LogP contribution is 2.50. The molecule has 0 aromatic heterocycles. The van der Waals surface area contributed by atoms with Crippen molar-refractivity contribution < 1.29 is 4.43 Å². The molecule has 0 aromatic carbocycles. The Morgan fingerprint density at radius 1 is 1.07 bits per heavy atom. The van der Waals surface area contributed by atoms with Crippen molar-refractivity contribution in [2.24, 2.45) is 0 Å². The molecule has 0 aliphatic carbocycles. The number of rotatable bonds is 0. The van der Waals surface area contributed by atoms with Gasteiger partial charge in [-0.15, -0.1) is 22.2 Å². The fourth-order valence-corrected chi connectivity index (χ4v) is 37.4. The van der Waals surface area contributed by atoms with Gasteiger partial charge in [0.25, 0.3) is 0 Å². The molecular formula is C6H14Cl4OSi3. The van der Waals surface area contributed by atoms with Crippen LogP contribution >= 0.6 is 45.4 Å². The smallest absolute Gasteiger partial charge is 0.244 e. The topological polar surface area (TPSA) is 9.23 Å². The third kappa shape index (κ3) is 2.22. The van der Waals surface area contributed by atoms with Crippen LogP contribution in [-0.2, 0) is 4.43 Å². The van der Waals surface area contributed by atoms with Crippen molar-refractivity contribution in [1.82, 2.24) is 0 Å². The molecule has 1 aliphatic rings. The second-order valence-corrected chi connectivity index (χ2v) is 35.9. The van der Waals surface area contributed by atoms with Crippen molar-refractivity contribution in [2.45, 2.75) is 36.8 Å². The summed E-state index contributed by atoms with van der Waals surface area (Å²) in [6.07, 6.45) is -2.33. The highest BCUT2D eigenvalue weighted by molar-refractivity contribution is 7.87. The molecule has 0 saturated carbocycles. The molecule has 0 unspecified atom stereocenters. The molecule has 0 amide bonds. The maximum absolute atomic E-state index is 6.48. The van der Waals surface area contributed by atoms with Crippen LogP contribution in [-0.4, -0.2) is 25.7 Å². The van der Waals surface area contributed by atoms with Gasteiger partial charge in [-0.1, -0.05) is 36.3 Å². The predicted octanol–water partition coefficient (Wildman–Crippen LogP) is 4.14. The Morgan fingerprint density at radius 2 is 1.50 bits per heavy atom. The van der Waals surface area contributed by atoms with Gasteiger partial charge in [0.15, 0.2) is 7.83 Å². The summed E-state index contributed by atoms with van der Waals surface area (Å²) in [6, 6.07) is 0.419. The Balaban J connectivity index is 3.13. The monoisotopic (exact) mass is 326 g/mol. The first-order valence-corrected chi connectivity index (χ1v) is 17.3. The summed E-state index contributed by atoms with van der Waals surface area (Å²) in [5.74, 6) is 0. The van der Waals surface area contributed by atoms with Crippen molar-refractivity contribution in [2.75, 3.05) is 0 Å². The van der Waals surface area contributed by atoms with E-state index in [2.05, 4.69) is 26.2 Å². The molecule has 0 spiro atoms. The molecule has 1 fully saturated rings. The zero-order valence-corrected chi connectivity index (χ0v) is 14.7. The fraction of sp³-hybridized carbons (Fsp3) is 1.00. The average molecular weight is 328 g/mol.